The van der Waals surface area contributed by atoms with Crippen LogP contribution in [0, 0.1) is 0 Å². The fourth-order valence-electron chi connectivity index (χ4n) is 5.26. The van der Waals surface area contributed by atoms with Crippen LogP contribution < -0.4 is 38.9 Å². The van der Waals surface area contributed by atoms with Crippen molar-refractivity contribution >= 4 is 27.7 Å². The summed E-state index contributed by atoms with van der Waals surface area (Å²) in [6.45, 7) is 9.26. The van der Waals surface area contributed by atoms with Crippen LogP contribution in [-0.4, -0.2) is 18.1 Å². The van der Waals surface area contributed by atoms with Crippen molar-refractivity contribution in [3.8, 4) is 11.5 Å². The number of unbranched alkanes of at least 4 members (excludes halogenated alkanes) is 9. The number of rotatable bonds is 14. The Morgan fingerprint density at radius 2 is 1.54 bits per heavy atom. The first kappa shape index (κ1) is 29.3. The molecule has 2 aromatic rings. The van der Waals surface area contributed by atoms with Crippen molar-refractivity contribution in [2.75, 3.05) is 18.0 Å². The van der Waals surface area contributed by atoms with Crippen molar-refractivity contribution in [3.05, 3.63) is 52.8 Å². The number of benzene rings is 2. The summed E-state index contributed by atoms with van der Waals surface area (Å²) in [5.41, 5.74) is 4.10. The molecule has 0 N–H and O–H groups in total. The lowest BCUT2D eigenvalue weighted by molar-refractivity contribution is -0.672. The summed E-state index contributed by atoms with van der Waals surface area (Å²) in [6.07, 6.45) is 15.1. The lowest BCUT2D eigenvalue weighted by Gasteiger charge is -2.21. The standard InChI is InChI=1S/C31H42N3O2.HI/c1-4-7-8-9-10-11-12-13-14-15-20-34-21-16-17-25-30-29(23-27(35)31(25)34)36-28-22-24(33(5-2)6-3)18-19-26(28)32-30;/h16-19,21-23H,4-15,20H2,1-3H3;1H/q+1;/p-1. The fourth-order valence-corrected chi connectivity index (χ4v) is 5.26. The van der Waals surface area contributed by atoms with Crippen LogP contribution in [0.4, 0.5) is 5.69 Å². The van der Waals surface area contributed by atoms with Gasteiger partial charge in [-0.1, -0.05) is 58.3 Å². The smallest absolute Gasteiger partial charge is 0.262 e. The Bertz CT molecular complexity index is 1300. The summed E-state index contributed by atoms with van der Waals surface area (Å²) < 4.78 is 8.33. The molecule has 0 saturated heterocycles. The highest BCUT2D eigenvalue weighted by Gasteiger charge is 2.22. The van der Waals surface area contributed by atoms with E-state index in [0.29, 0.717) is 11.3 Å². The maximum Gasteiger partial charge on any atom is 0.262 e. The van der Waals surface area contributed by atoms with Gasteiger partial charge in [0.25, 0.3) is 10.9 Å². The van der Waals surface area contributed by atoms with Crippen LogP contribution in [0.5, 0.6) is 0 Å². The zero-order valence-electron chi connectivity index (χ0n) is 22.8. The lowest BCUT2D eigenvalue weighted by atomic mass is 10.1. The van der Waals surface area contributed by atoms with Crippen LogP contribution in [0.2, 0.25) is 0 Å². The van der Waals surface area contributed by atoms with Gasteiger partial charge in [0.1, 0.15) is 17.8 Å². The van der Waals surface area contributed by atoms with Crippen LogP contribution in [-0.2, 0) is 6.54 Å². The molecule has 5 nitrogen and oxygen atoms in total. The van der Waals surface area contributed by atoms with Gasteiger partial charge in [-0.3, -0.25) is 4.79 Å². The minimum Gasteiger partial charge on any atom is -1.00 e. The number of aromatic nitrogens is 2. The lowest BCUT2D eigenvalue weighted by Crippen LogP contribution is -3.00. The summed E-state index contributed by atoms with van der Waals surface area (Å²) in [6, 6.07) is 11.8. The van der Waals surface area contributed by atoms with E-state index in [1.165, 1.54) is 57.8 Å². The number of pyridine rings is 1. The second-order valence-corrected chi connectivity index (χ2v) is 9.91. The first-order valence-corrected chi connectivity index (χ1v) is 14.1. The van der Waals surface area contributed by atoms with Crippen molar-refractivity contribution in [3.63, 3.8) is 0 Å². The maximum absolute atomic E-state index is 13.2. The zero-order valence-corrected chi connectivity index (χ0v) is 24.9. The van der Waals surface area contributed by atoms with Gasteiger partial charge >= 0.3 is 0 Å². The second kappa shape index (κ2) is 14.6. The number of fused-ring (bicyclic) bond motifs is 4. The zero-order chi connectivity index (χ0) is 25.3. The van der Waals surface area contributed by atoms with Crippen molar-refractivity contribution in [2.24, 2.45) is 0 Å². The van der Waals surface area contributed by atoms with E-state index in [-0.39, 0.29) is 29.4 Å². The minimum absolute atomic E-state index is 0. The molecule has 1 aliphatic carbocycles. The number of anilines is 1. The first-order valence-electron chi connectivity index (χ1n) is 14.1. The monoisotopic (exact) mass is 615 g/mol. The molecule has 0 spiro atoms. The number of hydrogen-bond acceptors (Lipinski definition) is 4. The van der Waals surface area contributed by atoms with Crippen LogP contribution in [0.3, 0.4) is 0 Å². The molecule has 0 fully saturated rings. The Labute approximate surface area is 238 Å². The number of aryl methyl sites for hydroxylation is 1. The predicted molar refractivity (Wildman–Crippen MR) is 150 cm³/mol. The number of nitrogens with zero attached hydrogens (tertiary/aromatic N) is 3. The molecule has 200 valence electrons. The molecule has 0 saturated carbocycles. The molecule has 4 rings (SSSR count). The summed E-state index contributed by atoms with van der Waals surface area (Å²) in [5.74, 6) is 0.549. The van der Waals surface area contributed by atoms with Gasteiger partial charge in [-0.15, -0.1) is 0 Å². The van der Waals surface area contributed by atoms with E-state index in [9.17, 15) is 4.79 Å². The van der Waals surface area contributed by atoms with Crippen LogP contribution >= 0.6 is 0 Å². The molecule has 0 radical (unpaired) electrons. The van der Waals surface area contributed by atoms with Crippen LogP contribution in [0.1, 0.15) is 85.0 Å². The molecule has 2 heterocycles. The topological polar surface area (TPSA) is 50.2 Å². The fraction of sp³-hybridized carbons (Fsp3) is 0.516. The molecule has 37 heavy (non-hydrogen) atoms. The molecule has 1 aromatic carbocycles. The van der Waals surface area contributed by atoms with E-state index in [4.69, 9.17) is 9.40 Å². The third-order valence-electron chi connectivity index (χ3n) is 7.33. The molecule has 1 aliphatic heterocycles. The summed E-state index contributed by atoms with van der Waals surface area (Å²) >= 11 is 0. The molecule has 2 aliphatic rings. The number of hydrogen-bond donors (Lipinski definition) is 0. The van der Waals surface area contributed by atoms with Gasteiger partial charge < -0.3 is 33.3 Å². The SMILES string of the molecule is CCCCCCCCCCCC[n+]1cccc2c3nc4ccc(N(CC)CC)cc4oc-3cc(=O)c21.[I-]. The Morgan fingerprint density at radius 1 is 0.865 bits per heavy atom. The highest BCUT2D eigenvalue weighted by atomic mass is 127. The van der Waals surface area contributed by atoms with Crippen molar-refractivity contribution in [2.45, 2.75) is 91.5 Å². The molecule has 0 amide bonds. The van der Waals surface area contributed by atoms with Crippen molar-refractivity contribution < 1.29 is 33.0 Å². The largest absolute Gasteiger partial charge is 1.00 e. The molecule has 0 bridgehead atoms. The van der Waals surface area contributed by atoms with Gasteiger partial charge in [-0.05, 0) is 38.5 Å². The summed E-state index contributed by atoms with van der Waals surface area (Å²) in [4.78, 5) is 20.4. The van der Waals surface area contributed by atoms with Crippen LogP contribution in [0.25, 0.3) is 33.5 Å². The van der Waals surface area contributed by atoms with Gasteiger partial charge in [0.15, 0.2) is 17.5 Å². The maximum atomic E-state index is 13.2. The molecule has 6 heteroatoms. The normalized spacial score (nSPS) is 11.3. The predicted octanol–water partition coefficient (Wildman–Crippen LogP) is 4.50. The Kier molecular flexibility index (Phi) is 11.6. The van der Waals surface area contributed by atoms with E-state index in [1.54, 1.807) is 6.07 Å². The van der Waals surface area contributed by atoms with E-state index in [2.05, 4.69) is 36.3 Å². The van der Waals surface area contributed by atoms with E-state index >= 15 is 0 Å². The van der Waals surface area contributed by atoms with Crippen LogP contribution in [0.15, 0.2) is 51.8 Å². The Hall–Kier alpha value is -2.22. The first-order chi connectivity index (χ1) is 17.7. The van der Waals surface area contributed by atoms with Crippen molar-refractivity contribution in [1.82, 2.24) is 4.98 Å². The summed E-state index contributed by atoms with van der Waals surface area (Å²) in [7, 11) is 0. The second-order valence-electron chi connectivity index (χ2n) is 9.91. The van der Waals surface area contributed by atoms with Gasteiger partial charge in [0, 0.05) is 43.4 Å². The third-order valence-corrected chi connectivity index (χ3v) is 7.33. The third kappa shape index (κ3) is 7.21. The summed E-state index contributed by atoms with van der Waals surface area (Å²) in [5, 5.41) is 0.866. The molecule has 1 aromatic heterocycles. The molecular formula is C31H42IN3O2. The highest BCUT2D eigenvalue weighted by Crippen LogP contribution is 2.31. The number of halogens is 1. The molecular weight excluding hydrogens is 573 g/mol. The minimum atomic E-state index is -0.00465. The van der Waals surface area contributed by atoms with Gasteiger partial charge in [-0.25, -0.2) is 4.98 Å². The van der Waals surface area contributed by atoms with Gasteiger partial charge in [-0.2, -0.15) is 4.57 Å². The quantitative estimate of drug-likeness (QED) is 0.0690. The van der Waals surface area contributed by atoms with Gasteiger partial charge in [0.2, 0.25) is 0 Å². The van der Waals surface area contributed by atoms with Gasteiger partial charge in [0.05, 0.1) is 5.39 Å². The average Bonchev–Trinajstić information content (AvgIpc) is 2.89. The molecule has 0 atom stereocenters. The Balaban J connectivity index is 0.00000380. The van der Waals surface area contributed by atoms with E-state index < -0.39 is 0 Å². The van der Waals surface area contributed by atoms with Crippen molar-refractivity contribution in [1.29, 1.82) is 0 Å². The average molecular weight is 616 g/mol. The van der Waals surface area contributed by atoms with E-state index in [1.807, 2.05) is 30.5 Å². The highest BCUT2D eigenvalue weighted by molar-refractivity contribution is 5.93. The Morgan fingerprint density at radius 3 is 2.22 bits per heavy atom. The molecule has 0 unspecified atom stereocenters. The van der Waals surface area contributed by atoms with E-state index in [0.717, 1.165) is 53.9 Å².